The monoisotopic (exact) mass is 556 g/mol. The van der Waals surface area contributed by atoms with Gasteiger partial charge in [-0.2, -0.15) is 0 Å². The molecule has 1 heterocycles. The maximum Gasteiger partial charge on any atom is 0.251 e. The van der Waals surface area contributed by atoms with Crippen molar-refractivity contribution < 1.29 is 23.1 Å². The lowest BCUT2D eigenvalue weighted by molar-refractivity contribution is -0.110. The maximum absolute atomic E-state index is 14.6. The molecule has 0 saturated heterocycles. The zero-order chi connectivity index (χ0) is 29.3. The number of ether oxygens (including phenoxy) is 1. The minimum absolute atomic E-state index is 0.113. The fraction of sp³-hybridized carbons (Fsp3) is 0.219. The molecule has 4 N–H and O–H groups in total. The van der Waals surface area contributed by atoms with Crippen LogP contribution in [0.3, 0.4) is 0 Å². The second-order valence-electron chi connectivity index (χ2n) is 9.98. The smallest absolute Gasteiger partial charge is 0.251 e. The summed E-state index contributed by atoms with van der Waals surface area (Å²) in [4.78, 5) is 29.2. The van der Waals surface area contributed by atoms with Crippen molar-refractivity contribution in [2.24, 2.45) is 0 Å². The number of carbonyl (C=O) groups excluding carboxylic acids is 2. The first-order valence-corrected chi connectivity index (χ1v) is 13.3. The number of hydrogen-bond donors (Lipinski definition) is 3. The minimum Gasteiger partial charge on any atom is -0.493 e. The zero-order valence-electron chi connectivity index (χ0n) is 22.9. The van der Waals surface area contributed by atoms with E-state index in [1.807, 2.05) is 45.0 Å². The van der Waals surface area contributed by atoms with Crippen LogP contribution in [0, 0.1) is 18.6 Å². The fourth-order valence-electron chi connectivity index (χ4n) is 5.51. The number of carbonyl (C=O) groups is 2. The van der Waals surface area contributed by atoms with E-state index < -0.39 is 17.7 Å². The number of hydrogen-bond acceptors (Lipinski definition) is 5. The lowest BCUT2D eigenvalue weighted by atomic mass is 9.75. The molecule has 2 atom stereocenters. The lowest BCUT2D eigenvalue weighted by Gasteiger charge is -2.33. The Morgan fingerprint density at radius 2 is 1.80 bits per heavy atom. The molecule has 2 amide bonds. The number of nitrogens with zero attached hydrogens (tertiary/aromatic N) is 1. The van der Waals surface area contributed by atoms with Crippen LogP contribution in [0.1, 0.15) is 69.7 Å². The molecule has 0 bridgehead atoms. The molecule has 1 aliphatic carbocycles. The molecule has 0 aliphatic heterocycles. The number of anilines is 1. The second kappa shape index (κ2) is 11.4. The number of rotatable bonds is 8. The standard InChI is InChI=1S/C32H30F2N4O3/c1-4-41-29-14-30(35)38-18(3)27(29)15-36-32(40)20-6-9-24-25(12-20)17(2)22-8-5-19(11-26(22)31(24)37-16-39)23-10-7-21(33)13-28(23)34/h5-14,16-17,31H,4,15H2,1-3H3,(H2,35,38)(H,36,40)(H,37,39). The molecule has 41 heavy (non-hydrogen) atoms. The van der Waals surface area contributed by atoms with Crippen molar-refractivity contribution in [2.45, 2.75) is 39.3 Å². The predicted molar refractivity (Wildman–Crippen MR) is 153 cm³/mol. The molecule has 210 valence electrons. The van der Waals surface area contributed by atoms with Gasteiger partial charge in [-0.1, -0.05) is 25.1 Å². The Balaban J connectivity index is 1.45. The first-order chi connectivity index (χ1) is 19.7. The maximum atomic E-state index is 14.6. The molecule has 0 fully saturated rings. The second-order valence-corrected chi connectivity index (χ2v) is 9.98. The third-order valence-corrected chi connectivity index (χ3v) is 7.50. The van der Waals surface area contributed by atoms with E-state index in [2.05, 4.69) is 15.6 Å². The summed E-state index contributed by atoms with van der Waals surface area (Å²) < 4.78 is 33.7. The molecule has 0 radical (unpaired) electrons. The van der Waals surface area contributed by atoms with Crippen molar-refractivity contribution in [3.05, 3.63) is 111 Å². The normalized spacial score (nSPS) is 15.4. The van der Waals surface area contributed by atoms with E-state index in [0.717, 1.165) is 33.9 Å². The molecular formula is C32H30F2N4O3. The summed E-state index contributed by atoms with van der Waals surface area (Å²) in [5.41, 5.74) is 12.1. The number of halogens is 2. The van der Waals surface area contributed by atoms with Gasteiger partial charge >= 0.3 is 0 Å². The van der Waals surface area contributed by atoms with E-state index in [-0.39, 0.29) is 23.9 Å². The number of amides is 2. The number of nitrogens with two attached hydrogens (primary N) is 1. The van der Waals surface area contributed by atoms with Gasteiger partial charge < -0.3 is 21.1 Å². The number of aryl methyl sites for hydroxylation is 1. The fourth-order valence-corrected chi connectivity index (χ4v) is 5.51. The van der Waals surface area contributed by atoms with Crippen molar-refractivity contribution in [3.63, 3.8) is 0 Å². The summed E-state index contributed by atoms with van der Waals surface area (Å²) in [6.07, 6.45) is 0.624. The molecule has 1 aliphatic rings. The average molecular weight is 557 g/mol. The van der Waals surface area contributed by atoms with Crippen LogP contribution in [0.5, 0.6) is 5.75 Å². The van der Waals surface area contributed by atoms with Gasteiger partial charge in [-0.15, -0.1) is 0 Å². The highest BCUT2D eigenvalue weighted by Gasteiger charge is 2.31. The van der Waals surface area contributed by atoms with E-state index >= 15 is 0 Å². The first kappa shape index (κ1) is 27.8. The highest BCUT2D eigenvalue weighted by Crippen LogP contribution is 2.43. The van der Waals surface area contributed by atoms with Crippen LogP contribution in [0.4, 0.5) is 14.6 Å². The Morgan fingerprint density at radius 1 is 1.02 bits per heavy atom. The van der Waals surface area contributed by atoms with E-state index in [1.165, 1.54) is 12.1 Å². The van der Waals surface area contributed by atoms with E-state index in [9.17, 15) is 18.4 Å². The molecule has 2 unspecified atom stereocenters. The van der Waals surface area contributed by atoms with Crippen LogP contribution in [0.15, 0.2) is 60.7 Å². The number of aromatic nitrogens is 1. The third-order valence-electron chi connectivity index (χ3n) is 7.50. The Bertz CT molecular complexity index is 1660. The van der Waals surface area contributed by atoms with E-state index in [1.54, 1.807) is 18.2 Å². The van der Waals surface area contributed by atoms with Crippen LogP contribution in [0.2, 0.25) is 0 Å². The Kier molecular flexibility index (Phi) is 7.70. The molecule has 9 heteroatoms. The summed E-state index contributed by atoms with van der Waals surface area (Å²) in [7, 11) is 0. The molecule has 0 spiro atoms. The van der Waals surface area contributed by atoms with E-state index in [0.29, 0.717) is 41.4 Å². The van der Waals surface area contributed by atoms with Gasteiger partial charge in [-0.3, -0.25) is 9.59 Å². The van der Waals surface area contributed by atoms with Crippen LogP contribution < -0.4 is 21.1 Å². The van der Waals surface area contributed by atoms with Crippen molar-refractivity contribution in [1.29, 1.82) is 0 Å². The van der Waals surface area contributed by atoms with Gasteiger partial charge in [0, 0.05) is 47.0 Å². The first-order valence-electron chi connectivity index (χ1n) is 13.3. The summed E-state index contributed by atoms with van der Waals surface area (Å²) >= 11 is 0. The van der Waals surface area contributed by atoms with Crippen molar-refractivity contribution in [2.75, 3.05) is 12.3 Å². The molecule has 7 nitrogen and oxygen atoms in total. The largest absolute Gasteiger partial charge is 0.493 e. The predicted octanol–water partition coefficient (Wildman–Crippen LogP) is 5.55. The van der Waals surface area contributed by atoms with Crippen LogP contribution >= 0.6 is 0 Å². The van der Waals surface area contributed by atoms with Gasteiger partial charge in [-0.25, -0.2) is 13.8 Å². The van der Waals surface area contributed by atoms with Gasteiger partial charge in [0.25, 0.3) is 5.91 Å². The quantitative estimate of drug-likeness (QED) is 0.247. The van der Waals surface area contributed by atoms with Crippen molar-refractivity contribution in [3.8, 4) is 16.9 Å². The SMILES string of the molecule is CCOc1cc(N)nc(C)c1CNC(=O)c1ccc2c(c1)C(C)c1ccc(-c3ccc(F)cc3F)cc1C2NC=O. The van der Waals surface area contributed by atoms with Gasteiger partial charge in [-0.05, 0) is 72.0 Å². The minimum atomic E-state index is -0.664. The third kappa shape index (κ3) is 5.35. The highest BCUT2D eigenvalue weighted by atomic mass is 19.1. The number of nitrogen functional groups attached to an aromatic ring is 1. The van der Waals surface area contributed by atoms with Crippen LogP contribution in [-0.2, 0) is 11.3 Å². The lowest BCUT2D eigenvalue weighted by Crippen LogP contribution is -2.29. The van der Waals surface area contributed by atoms with Gasteiger partial charge in [0.1, 0.15) is 23.2 Å². The zero-order valence-corrected chi connectivity index (χ0v) is 22.9. The topological polar surface area (TPSA) is 106 Å². The Labute approximate surface area is 236 Å². The summed E-state index contributed by atoms with van der Waals surface area (Å²) in [6.45, 7) is 6.36. The molecule has 4 aromatic rings. The highest BCUT2D eigenvalue weighted by molar-refractivity contribution is 5.94. The summed E-state index contributed by atoms with van der Waals surface area (Å²) in [6, 6.07) is 15.5. The van der Waals surface area contributed by atoms with Gasteiger partial charge in [0.15, 0.2) is 0 Å². The molecule has 0 saturated carbocycles. The molecule has 5 rings (SSSR count). The van der Waals surface area contributed by atoms with Crippen molar-refractivity contribution in [1.82, 2.24) is 15.6 Å². The van der Waals surface area contributed by atoms with E-state index in [4.69, 9.17) is 10.5 Å². The summed E-state index contributed by atoms with van der Waals surface area (Å²) in [5, 5.41) is 5.83. The number of benzene rings is 3. The van der Waals surface area contributed by atoms with Gasteiger partial charge in [0.05, 0.1) is 12.6 Å². The number of nitrogens with one attached hydrogen (secondary N) is 2. The summed E-state index contributed by atoms with van der Waals surface area (Å²) in [5.74, 6) is -0.774. The average Bonchev–Trinajstić information content (AvgIpc) is 2.94. The molecule has 3 aromatic carbocycles. The number of pyridine rings is 1. The van der Waals surface area contributed by atoms with Crippen molar-refractivity contribution >= 4 is 18.1 Å². The van der Waals surface area contributed by atoms with Crippen LogP contribution in [0.25, 0.3) is 11.1 Å². The number of fused-ring (bicyclic) bond motifs is 2. The Morgan fingerprint density at radius 3 is 2.54 bits per heavy atom. The molecular weight excluding hydrogens is 526 g/mol. The van der Waals surface area contributed by atoms with Crippen LogP contribution in [-0.4, -0.2) is 23.9 Å². The Hall–Kier alpha value is -4.79. The van der Waals surface area contributed by atoms with Gasteiger partial charge in [0.2, 0.25) is 6.41 Å². The molecule has 1 aromatic heterocycles.